The first-order valence-corrected chi connectivity index (χ1v) is 6.80. The average molecular weight is 262 g/mol. The highest BCUT2D eigenvalue weighted by atomic mass is 16.5. The molecule has 2 rings (SSSR count). The Bertz CT molecular complexity index is 469. The van der Waals surface area contributed by atoms with Gasteiger partial charge < -0.3 is 15.8 Å². The van der Waals surface area contributed by atoms with Gasteiger partial charge in [0.2, 0.25) is 5.91 Å². The van der Waals surface area contributed by atoms with Gasteiger partial charge in [-0.15, -0.1) is 0 Å². The fraction of sp³-hybridized carbons (Fsp3) is 0.533. The van der Waals surface area contributed by atoms with Crippen molar-refractivity contribution in [3.05, 3.63) is 23.8 Å². The molecule has 1 aromatic rings. The molecule has 0 saturated carbocycles. The third kappa shape index (κ3) is 3.26. The van der Waals surface area contributed by atoms with Gasteiger partial charge in [0.05, 0.1) is 6.61 Å². The number of benzene rings is 1. The summed E-state index contributed by atoms with van der Waals surface area (Å²) in [5.41, 5.74) is 7.10. The van der Waals surface area contributed by atoms with Crippen LogP contribution in [0.3, 0.4) is 0 Å². The summed E-state index contributed by atoms with van der Waals surface area (Å²) in [6.07, 6.45) is 2.71. The smallest absolute Gasteiger partial charge is 0.230 e. The highest BCUT2D eigenvalue weighted by molar-refractivity contribution is 5.94. The van der Waals surface area contributed by atoms with Crippen LogP contribution >= 0.6 is 0 Å². The van der Waals surface area contributed by atoms with Crippen LogP contribution in [0.1, 0.15) is 32.3 Å². The van der Waals surface area contributed by atoms with E-state index in [0.29, 0.717) is 13.0 Å². The monoisotopic (exact) mass is 262 g/mol. The minimum absolute atomic E-state index is 0.00891. The molecule has 0 bridgehead atoms. The maximum Gasteiger partial charge on any atom is 0.230 e. The van der Waals surface area contributed by atoms with E-state index in [0.717, 1.165) is 30.9 Å². The molecule has 0 fully saturated rings. The highest BCUT2D eigenvalue weighted by Gasteiger charge is 2.26. The first-order chi connectivity index (χ1) is 9.03. The Balaban J connectivity index is 2.09. The molecule has 0 radical (unpaired) electrons. The Kier molecular flexibility index (Phi) is 4.10. The van der Waals surface area contributed by atoms with Gasteiger partial charge in [-0.1, -0.05) is 13.8 Å². The van der Waals surface area contributed by atoms with E-state index in [-0.39, 0.29) is 5.91 Å². The van der Waals surface area contributed by atoms with Crippen LogP contribution in [0.2, 0.25) is 0 Å². The van der Waals surface area contributed by atoms with Crippen molar-refractivity contribution in [1.29, 1.82) is 0 Å². The number of hydrogen-bond acceptors (Lipinski definition) is 3. The van der Waals surface area contributed by atoms with Gasteiger partial charge in [0, 0.05) is 11.1 Å². The summed E-state index contributed by atoms with van der Waals surface area (Å²) in [6.45, 7) is 5.12. The first-order valence-electron chi connectivity index (χ1n) is 6.80. The lowest BCUT2D eigenvalue weighted by Crippen LogP contribution is -2.32. The lowest BCUT2D eigenvalue weighted by molar-refractivity contribution is -0.124. The fourth-order valence-electron chi connectivity index (χ4n) is 2.21. The molecule has 0 aromatic heterocycles. The van der Waals surface area contributed by atoms with E-state index in [4.69, 9.17) is 10.5 Å². The Morgan fingerprint density at radius 3 is 3.00 bits per heavy atom. The van der Waals surface area contributed by atoms with Gasteiger partial charge in [0.1, 0.15) is 5.75 Å². The Labute approximate surface area is 114 Å². The number of amides is 1. The molecule has 4 heteroatoms. The number of nitrogens with one attached hydrogen (secondary N) is 1. The van der Waals surface area contributed by atoms with Crippen molar-refractivity contribution in [1.82, 2.24) is 0 Å². The third-order valence-electron chi connectivity index (χ3n) is 3.55. The Hall–Kier alpha value is -1.55. The summed E-state index contributed by atoms with van der Waals surface area (Å²) in [7, 11) is 0. The molecule has 19 heavy (non-hydrogen) atoms. The van der Waals surface area contributed by atoms with Gasteiger partial charge in [-0.25, -0.2) is 0 Å². The van der Waals surface area contributed by atoms with Crippen molar-refractivity contribution in [3.63, 3.8) is 0 Å². The maximum atomic E-state index is 12.2. The van der Waals surface area contributed by atoms with Crippen LogP contribution in [-0.4, -0.2) is 19.1 Å². The SMILES string of the molecule is CC(C)(CCN)C(=O)Nc1ccc2c(c1)CCCO2. The van der Waals surface area contributed by atoms with Crippen LogP contribution in [0.25, 0.3) is 0 Å². The molecule has 0 spiro atoms. The standard InChI is InChI=1S/C15H22N2O2/c1-15(2,7-8-16)14(18)17-12-5-6-13-11(10-12)4-3-9-19-13/h5-6,10H,3-4,7-9,16H2,1-2H3,(H,17,18). The maximum absolute atomic E-state index is 12.2. The van der Waals surface area contributed by atoms with E-state index in [1.807, 2.05) is 32.0 Å². The topological polar surface area (TPSA) is 64.4 Å². The van der Waals surface area contributed by atoms with Crippen molar-refractivity contribution in [2.45, 2.75) is 33.1 Å². The molecule has 3 N–H and O–H groups in total. The molecule has 1 aliphatic heterocycles. The quantitative estimate of drug-likeness (QED) is 0.875. The summed E-state index contributed by atoms with van der Waals surface area (Å²) < 4.78 is 5.56. The van der Waals surface area contributed by atoms with E-state index in [2.05, 4.69) is 5.32 Å². The van der Waals surface area contributed by atoms with Crippen LogP contribution in [-0.2, 0) is 11.2 Å². The third-order valence-corrected chi connectivity index (χ3v) is 3.55. The number of aryl methyl sites for hydroxylation is 1. The molecule has 1 aliphatic rings. The van der Waals surface area contributed by atoms with Crippen molar-refractivity contribution in [3.8, 4) is 5.75 Å². The van der Waals surface area contributed by atoms with Crippen molar-refractivity contribution < 1.29 is 9.53 Å². The zero-order chi connectivity index (χ0) is 13.9. The van der Waals surface area contributed by atoms with Crippen LogP contribution in [0.4, 0.5) is 5.69 Å². The molecule has 0 atom stereocenters. The first kappa shape index (κ1) is 13.9. The number of fused-ring (bicyclic) bond motifs is 1. The predicted molar refractivity (Wildman–Crippen MR) is 76.3 cm³/mol. The fourth-order valence-corrected chi connectivity index (χ4v) is 2.21. The van der Waals surface area contributed by atoms with Gasteiger partial charge in [0.25, 0.3) is 0 Å². The number of rotatable bonds is 4. The molecule has 0 saturated heterocycles. The number of carbonyl (C=O) groups is 1. The molecule has 0 aliphatic carbocycles. The molecule has 104 valence electrons. The van der Waals surface area contributed by atoms with E-state index < -0.39 is 5.41 Å². The largest absolute Gasteiger partial charge is 0.493 e. The summed E-state index contributed by atoms with van der Waals surface area (Å²) >= 11 is 0. The van der Waals surface area contributed by atoms with Crippen molar-refractivity contribution >= 4 is 11.6 Å². The second kappa shape index (κ2) is 5.61. The normalized spacial score (nSPS) is 14.5. The summed E-state index contributed by atoms with van der Waals surface area (Å²) in [4.78, 5) is 12.2. The number of ether oxygens (including phenoxy) is 1. The summed E-state index contributed by atoms with van der Waals surface area (Å²) in [6, 6.07) is 5.82. The minimum Gasteiger partial charge on any atom is -0.493 e. The van der Waals surface area contributed by atoms with Crippen LogP contribution in [0, 0.1) is 5.41 Å². The van der Waals surface area contributed by atoms with Gasteiger partial charge in [0.15, 0.2) is 0 Å². The molecule has 4 nitrogen and oxygen atoms in total. The molecule has 1 amide bonds. The average Bonchev–Trinajstić information content (AvgIpc) is 2.38. The van der Waals surface area contributed by atoms with E-state index in [1.165, 1.54) is 5.56 Å². The predicted octanol–water partition coefficient (Wildman–Crippen LogP) is 2.33. The van der Waals surface area contributed by atoms with Gasteiger partial charge in [-0.05, 0) is 49.6 Å². The summed E-state index contributed by atoms with van der Waals surface area (Å²) in [5, 5.41) is 2.97. The number of nitrogens with two attached hydrogens (primary N) is 1. The van der Waals surface area contributed by atoms with Crippen LogP contribution < -0.4 is 15.8 Å². The Morgan fingerprint density at radius 2 is 2.26 bits per heavy atom. The van der Waals surface area contributed by atoms with Crippen LogP contribution in [0.15, 0.2) is 18.2 Å². The second-order valence-corrected chi connectivity index (χ2v) is 5.65. The number of anilines is 1. The van der Waals surface area contributed by atoms with Crippen LogP contribution in [0.5, 0.6) is 5.75 Å². The van der Waals surface area contributed by atoms with Gasteiger partial charge in [-0.2, -0.15) is 0 Å². The second-order valence-electron chi connectivity index (χ2n) is 5.65. The molecule has 0 unspecified atom stereocenters. The zero-order valence-electron chi connectivity index (χ0n) is 11.7. The van der Waals surface area contributed by atoms with Gasteiger partial charge >= 0.3 is 0 Å². The summed E-state index contributed by atoms with van der Waals surface area (Å²) in [5.74, 6) is 0.945. The lowest BCUT2D eigenvalue weighted by Gasteiger charge is -2.23. The van der Waals surface area contributed by atoms with E-state index >= 15 is 0 Å². The Morgan fingerprint density at radius 1 is 1.47 bits per heavy atom. The zero-order valence-corrected chi connectivity index (χ0v) is 11.7. The molecule has 1 aromatic carbocycles. The van der Waals surface area contributed by atoms with E-state index in [9.17, 15) is 4.79 Å². The molecule has 1 heterocycles. The molecular formula is C15H22N2O2. The lowest BCUT2D eigenvalue weighted by atomic mass is 9.88. The van der Waals surface area contributed by atoms with Crippen molar-refractivity contribution in [2.75, 3.05) is 18.5 Å². The molecular weight excluding hydrogens is 240 g/mol. The van der Waals surface area contributed by atoms with Gasteiger partial charge in [-0.3, -0.25) is 4.79 Å². The van der Waals surface area contributed by atoms with E-state index in [1.54, 1.807) is 0 Å². The minimum atomic E-state index is -0.443. The highest BCUT2D eigenvalue weighted by Crippen LogP contribution is 2.29. The number of carbonyl (C=O) groups excluding carboxylic acids is 1. The van der Waals surface area contributed by atoms with Crippen molar-refractivity contribution in [2.24, 2.45) is 11.1 Å². The number of hydrogen-bond donors (Lipinski definition) is 2.